The van der Waals surface area contributed by atoms with Gasteiger partial charge in [-0.3, -0.25) is 4.18 Å². The van der Waals surface area contributed by atoms with Gasteiger partial charge >= 0.3 is 23.8 Å². The zero-order chi connectivity index (χ0) is 106. The Morgan fingerprint density at radius 3 is 0.676 bits per heavy atom. The van der Waals surface area contributed by atoms with E-state index in [0.717, 1.165) is 64.2 Å². The van der Waals surface area contributed by atoms with Gasteiger partial charge in [0.2, 0.25) is 10.4 Å². The maximum Gasteiger partial charge on any atom is 0.376 e. The highest BCUT2D eigenvalue weighted by atomic mass is 127. The summed E-state index contributed by atoms with van der Waals surface area (Å²) in [6.45, 7) is 56.8. The predicted octanol–water partition coefficient (Wildman–Crippen LogP) is 27.5. The van der Waals surface area contributed by atoms with Crippen molar-refractivity contribution in [3.63, 3.8) is 0 Å². The number of rotatable bonds is 23. The van der Waals surface area contributed by atoms with Crippen molar-refractivity contribution < 1.29 is 111 Å². The summed E-state index contributed by atoms with van der Waals surface area (Å²) in [5, 5.41) is 29.0. The number of esters is 2. The lowest BCUT2D eigenvalue weighted by Crippen LogP contribution is -3.11. The van der Waals surface area contributed by atoms with E-state index >= 15 is 0 Å². The van der Waals surface area contributed by atoms with E-state index in [-0.39, 0.29) is 168 Å². The maximum atomic E-state index is 12.8. The molecule has 0 spiro atoms. The number of hydrogen-bond donors (Lipinski definition) is 5. The summed E-state index contributed by atoms with van der Waals surface area (Å²) >= 11 is 0. The van der Waals surface area contributed by atoms with Crippen molar-refractivity contribution in [2.24, 2.45) is 34.5 Å². The third-order valence-electron chi connectivity index (χ3n) is 27.8. The Labute approximate surface area is 917 Å². The lowest BCUT2D eigenvalue weighted by molar-refractivity contribution is -0.894. The Bertz CT molecular complexity index is 4940. The van der Waals surface area contributed by atoms with Crippen LogP contribution in [0, 0.1) is 34.5 Å². The van der Waals surface area contributed by atoms with E-state index in [1.807, 2.05) is 0 Å². The molecule has 4 atom stereocenters. The standard InChI is InChI=1S/3C26H31S.2C14H20F2O3.C6H15N.C4H12O4S.C2H6O4S.5CH4.HI/c3*1-25(2,3)20-12-16-23(17-13-20)27(22-10-8-7-9-11-22)24-18-14-21(15-19-24)26(4,5)6;2*1-12(15,16)11(17)19-8-13-3-9-2-10(4-13)6-14(18,5-9)7-13;1-4-7(5-2)6-3;1-3-9(6,7,4-2)8-5;1-2-6-7(3,4)5;;;;;;/h3*7-19H,1-6H3;2*9-10,18H,2-8H2,1H3;4-6H2,1-3H3;5H,3-4H2,1-2H3,(H,6,7);2H2,1H3,(H,3,4,5);5*1H4;1H/q3*+1;;;;;;;;;;;/p-1. The van der Waals surface area contributed by atoms with Gasteiger partial charge in [0.05, 0.1) is 83.3 Å². The quantitative estimate of drug-likeness (QED) is 0.00586. The van der Waals surface area contributed by atoms with E-state index in [0.29, 0.717) is 50.4 Å². The minimum Gasteiger partial charge on any atom is -1.00 e. The van der Waals surface area contributed by atoms with Gasteiger partial charge in [-0.15, -0.1) is 4.33 Å². The number of aliphatic hydroxyl groups is 2. The van der Waals surface area contributed by atoms with Gasteiger partial charge in [-0.2, -0.15) is 17.6 Å². The number of carbonyl (C=O) groups excluding carboxylic acids is 2. The molecular formula is C123H186F4INO14S5+2. The normalized spacial score (nSPS) is 20.2. The average Bonchev–Trinajstić information content (AvgIpc) is 0.730. The van der Waals surface area contributed by atoms with E-state index < -0.39 is 55.0 Å². The summed E-state index contributed by atoms with van der Waals surface area (Å²) in [6, 6.07) is 87.9. The van der Waals surface area contributed by atoms with Crippen LogP contribution in [0.2, 0.25) is 0 Å². The van der Waals surface area contributed by atoms with Gasteiger partial charge in [-0.25, -0.2) is 27.5 Å². The number of halogens is 5. The lowest BCUT2D eigenvalue weighted by Gasteiger charge is -2.59. The molecule has 8 saturated carbocycles. The van der Waals surface area contributed by atoms with Crippen LogP contribution in [0.25, 0.3) is 0 Å². The molecule has 148 heavy (non-hydrogen) atoms. The summed E-state index contributed by atoms with van der Waals surface area (Å²) in [5.41, 5.74) is 7.53. The van der Waals surface area contributed by atoms with Crippen molar-refractivity contribution >= 4 is 64.7 Å². The number of benzene rings is 9. The molecule has 0 aromatic heterocycles. The van der Waals surface area contributed by atoms with Crippen LogP contribution >= 0.6 is 0 Å². The summed E-state index contributed by atoms with van der Waals surface area (Å²) in [6.07, 6.45) is 10.3. The summed E-state index contributed by atoms with van der Waals surface area (Å²) in [7, 11) is -8.77. The molecule has 0 amide bonds. The second-order valence-corrected chi connectivity index (χ2v) is 57.0. The van der Waals surface area contributed by atoms with Crippen LogP contribution in [-0.2, 0) is 113 Å². The molecule has 25 heteroatoms. The number of hydrogen-bond acceptors (Lipinski definition) is 13. The lowest BCUT2D eigenvalue weighted by atomic mass is 9.48. The zero-order valence-electron chi connectivity index (χ0n) is 89.8. The Morgan fingerprint density at radius 2 is 0.554 bits per heavy atom. The molecule has 17 rings (SSSR count). The third-order valence-corrected chi connectivity index (χ3v) is 37.6. The molecule has 0 aliphatic heterocycles. The summed E-state index contributed by atoms with van der Waals surface area (Å²) < 4.78 is 116. The summed E-state index contributed by atoms with van der Waals surface area (Å²) in [5.74, 6) is -8.06. The van der Waals surface area contributed by atoms with Crippen molar-refractivity contribution in [3.05, 3.63) is 270 Å². The number of carbonyl (C=O) groups is 2. The predicted molar refractivity (Wildman–Crippen MR) is 607 cm³/mol. The van der Waals surface area contributed by atoms with Gasteiger partial charge in [0.25, 0.3) is 0 Å². The van der Waals surface area contributed by atoms with Crippen molar-refractivity contribution in [1.82, 2.24) is 0 Å². The molecule has 8 fully saturated rings. The van der Waals surface area contributed by atoms with Crippen molar-refractivity contribution in [2.45, 2.75) is 394 Å². The molecular weight excluding hydrogens is 2080 g/mol. The van der Waals surface area contributed by atoms with Gasteiger partial charge in [-0.05, 0) is 303 Å². The van der Waals surface area contributed by atoms with Crippen LogP contribution in [0.15, 0.2) is 281 Å². The van der Waals surface area contributed by atoms with E-state index in [2.05, 4.69) is 391 Å². The molecule has 0 radical (unpaired) electrons. The highest BCUT2D eigenvalue weighted by molar-refractivity contribution is 8.10. The third kappa shape index (κ3) is 40.8. The largest absolute Gasteiger partial charge is 1.00 e. The molecule has 4 unspecified atom stereocenters. The molecule has 8 aliphatic carbocycles. The van der Waals surface area contributed by atoms with Crippen molar-refractivity contribution in [1.29, 1.82) is 0 Å². The smallest absolute Gasteiger partial charge is 0.376 e. The number of alkyl halides is 4. The molecule has 9 aromatic carbocycles. The van der Waals surface area contributed by atoms with Crippen molar-refractivity contribution in [3.8, 4) is 0 Å². The highest BCUT2D eigenvalue weighted by Gasteiger charge is 2.60. The topological polar surface area (TPSA) is 231 Å². The molecule has 8 aliphatic rings. The SMILES string of the molecule is C.C.C.C.C.CC(C)(C)c1ccc([S+](c2ccccc2)c2ccc(C(C)(C)C)cc2)cc1.CC(C)(C)c1ccc([S+](c2ccccc2)c2ccc(C(C)(C)C)cc2)cc1.CC(C)(C)c1ccc([S+](c2ccccc2)c2ccc(C(C)(C)C)cc2)cc1.CC(F)(F)C(=O)OCC12CC3CC(CC(O)(C3)C1)C2.CC(F)(F)C(=O)OCC12CC3CC(CC(O)(C3)C1)C2.CCOS(=O)(=O)[O-].CCS(=O)(O)(CC)OO.CC[NH+](CC)CC.[I-]. The Kier molecular flexibility index (Phi) is 52.4. The first-order valence-corrected chi connectivity index (χ1v) is 57.7. The number of quaternary nitrogens is 1. The second kappa shape index (κ2) is 56.5. The first-order valence-electron chi connectivity index (χ1n) is 50.5. The molecule has 9 aromatic rings. The minimum atomic E-state index is -4.42. The van der Waals surface area contributed by atoms with E-state index in [4.69, 9.17) is 19.3 Å². The maximum absolute atomic E-state index is 12.8. The van der Waals surface area contributed by atoms with E-state index in [1.165, 1.54) is 118 Å². The Hall–Kier alpha value is -6.80. The van der Waals surface area contributed by atoms with Gasteiger partial charge < -0.3 is 57.7 Å². The van der Waals surface area contributed by atoms with Crippen molar-refractivity contribution in [2.75, 3.05) is 51.0 Å². The average molecular weight is 2270 g/mol. The number of nitrogens with one attached hydrogen (secondary N) is 1. The molecule has 5 N–H and O–H groups in total. The fourth-order valence-electron chi connectivity index (χ4n) is 20.5. The van der Waals surface area contributed by atoms with Crippen LogP contribution in [-0.4, -0.2) is 123 Å². The van der Waals surface area contributed by atoms with Crippen LogP contribution in [0.3, 0.4) is 0 Å². The van der Waals surface area contributed by atoms with Gasteiger partial charge in [0, 0.05) is 36.2 Å². The second-order valence-electron chi connectivity index (χ2n) is 46.2. The highest BCUT2D eigenvalue weighted by Crippen LogP contribution is 2.63. The minimum absolute atomic E-state index is 0. The Balaban J connectivity index is 0.000000590. The fourth-order valence-corrected chi connectivity index (χ4v) is 27.6. The Morgan fingerprint density at radius 1 is 0.365 bits per heavy atom. The van der Waals surface area contributed by atoms with Crippen LogP contribution in [0.4, 0.5) is 17.6 Å². The van der Waals surface area contributed by atoms with E-state index in [9.17, 15) is 54.5 Å². The molecule has 830 valence electrons. The zero-order valence-corrected chi connectivity index (χ0v) is 96.0. The fraction of sp³-hybridized carbons (Fsp3) is 0.545. The molecule has 15 nitrogen and oxygen atoms in total. The molecule has 8 bridgehead atoms. The first-order chi connectivity index (χ1) is 65.7. The molecule has 0 heterocycles. The first kappa shape index (κ1) is 137. The van der Waals surface area contributed by atoms with Gasteiger partial charge in [0.1, 0.15) is 9.63 Å². The van der Waals surface area contributed by atoms with Gasteiger partial charge in [-0.1, -0.05) is 303 Å². The monoisotopic (exact) mass is 2260 g/mol. The summed E-state index contributed by atoms with van der Waals surface area (Å²) in [4.78, 5) is 36.4. The molecule has 0 saturated heterocycles. The van der Waals surface area contributed by atoms with E-state index in [1.54, 1.807) is 4.90 Å². The van der Waals surface area contributed by atoms with Gasteiger partial charge in [0.15, 0.2) is 44.1 Å². The van der Waals surface area contributed by atoms with Crippen LogP contribution in [0.1, 0.15) is 328 Å². The van der Waals surface area contributed by atoms with Crippen LogP contribution < -0.4 is 28.9 Å². The number of ether oxygens (including phenoxy) is 2. The van der Waals surface area contributed by atoms with Crippen LogP contribution in [0.5, 0.6) is 0 Å².